The van der Waals surface area contributed by atoms with Crippen molar-refractivity contribution < 1.29 is 0 Å². The Morgan fingerprint density at radius 1 is 1.29 bits per heavy atom. The fourth-order valence-corrected chi connectivity index (χ4v) is 3.11. The van der Waals surface area contributed by atoms with E-state index in [0.717, 1.165) is 23.7 Å². The normalized spacial score (nSPS) is 13.1. The number of benzene rings is 1. The first-order valence-electron chi connectivity index (χ1n) is 5.61. The molecule has 0 amide bonds. The molecule has 0 atom stereocenters. The van der Waals surface area contributed by atoms with Gasteiger partial charge in [-0.2, -0.15) is 5.26 Å². The van der Waals surface area contributed by atoms with Crippen LogP contribution in [0.4, 0.5) is 10.8 Å². The zero-order valence-electron chi connectivity index (χ0n) is 9.23. The van der Waals surface area contributed by atoms with Crippen LogP contribution in [-0.4, -0.2) is 4.98 Å². The van der Waals surface area contributed by atoms with Gasteiger partial charge in [0, 0.05) is 4.88 Å². The Hall–Kier alpha value is -1.86. The molecule has 1 heterocycles. The molecule has 1 aromatic carbocycles. The van der Waals surface area contributed by atoms with Gasteiger partial charge in [-0.1, -0.05) is 12.1 Å². The largest absolute Gasteiger partial charge is 0.330 e. The number of aryl methyl sites for hydroxylation is 2. The van der Waals surface area contributed by atoms with Gasteiger partial charge in [0.25, 0.3) is 0 Å². The van der Waals surface area contributed by atoms with E-state index in [2.05, 4.69) is 16.4 Å². The van der Waals surface area contributed by atoms with Crippen molar-refractivity contribution >= 4 is 22.2 Å². The summed E-state index contributed by atoms with van der Waals surface area (Å²) in [5.74, 6) is 0. The second kappa shape index (κ2) is 4.19. The van der Waals surface area contributed by atoms with Crippen LogP contribution in [0.25, 0.3) is 0 Å². The van der Waals surface area contributed by atoms with Crippen LogP contribution in [0.1, 0.15) is 22.6 Å². The topological polar surface area (TPSA) is 48.7 Å². The van der Waals surface area contributed by atoms with Gasteiger partial charge in [-0.05, 0) is 31.4 Å². The van der Waals surface area contributed by atoms with E-state index in [1.165, 1.54) is 17.0 Å². The van der Waals surface area contributed by atoms with Gasteiger partial charge < -0.3 is 5.32 Å². The zero-order chi connectivity index (χ0) is 11.7. The highest BCUT2D eigenvalue weighted by atomic mass is 32.1. The fourth-order valence-electron chi connectivity index (χ4n) is 2.05. The average molecular weight is 241 g/mol. The van der Waals surface area contributed by atoms with Gasteiger partial charge in [0.15, 0.2) is 5.13 Å². The van der Waals surface area contributed by atoms with Crippen LogP contribution in [0.5, 0.6) is 0 Å². The molecule has 0 bridgehead atoms. The highest BCUT2D eigenvalue weighted by Gasteiger charge is 2.16. The molecule has 17 heavy (non-hydrogen) atoms. The van der Waals surface area contributed by atoms with E-state index in [1.54, 1.807) is 11.3 Å². The minimum absolute atomic E-state index is 0.655. The predicted molar refractivity (Wildman–Crippen MR) is 68.6 cm³/mol. The standard InChI is InChI=1S/C13H11N3S/c14-8-9-4-1-2-5-10(9)15-13-16-11-6-3-7-12(11)17-13/h1-2,4-5H,3,6-7H2,(H,15,16). The lowest BCUT2D eigenvalue weighted by Crippen LogP contribution is -1.93. The maximum absolute atomic E-state index is 9.01. The van der Waals surface area contributed by atoms with Crippen molar-refractivity contribution in [2.75, 3.05) is 5.32 Å². The molecule has 2 aromatic rings. The van der Waals surface area contributed by atoms with Gasteiger partial charge in [-0.3, -0.25) is 0 Å². The molecule has 1 aromatic heterocycles. The number of hydrogen-bond acceptors (Lipinski definition) is 4. The number of rotatable bonds is 2. The Morgan fingerprint density at radius 3 is 3.00 bits per heavy atom. The fraction of sp³-hybridized carbons (Fsp3) is 0.231. The Bertz CT molecular complexity index is 573. The summed E-state index contributed by atoms with van der Waals surface area (Å²) in [6.45, 7) is 0. The zero-order valence-corrected chi connectivity index (χ0v) is 10.0. The number of hydrogen-bond donors (Lipinski definition) is 1. The summed E-state index contributed by atoms with van der Waals surface area (Å²) < 4.78 is 0. The third-order valence-corrected chi connectivity index (χ3v) is 3.96. The smallest absolute Gasteiger partial charge is 0.187 e. The van der Waals surface area contributed by atoms with Gasteiger partial charge in [0.1, 0.15) is 6.07 Å². The van der Waals surface area contributed by atoms with Crippen molar-refractivity contribution in [3.63, 3.8) is 0 Å². The van der Waals surface area contributed by atoms with E-state index in [9.17, 15) is 0 Å². The Morgan fingerprint density at radius 2 is 2.18 bits per heavy atom. The first-order chi connectivity index (χ1) is 8.36. The highest BCUT2D eigenvalue weighted by molar-refractivity contribution is 7.15. The molecule has 0 unspecified atom stereocenters. The lowest BCUT2D eigenvalue weighted by molar-refractivity contribution is 0.900. The van der Waals surface area contributed by atoms with Crippen molar-refractivity contribution in [2.45, 2.75) is 19.3 Å². The molecule has 84 valence electrons. The van der Waals surface area contributed by atoms with Crippen molar-refractivity contribution in [1.29, 1.82) is 5.26 Å². The third kappa shape index (κ3) is 1.90. The van der Waals surface area contributed by atoms with Gasteiger partial charge in [0.2, 0.25) is 0 Å². The number of anilines is 2. The molecule has 0 saturated heterocycles. The van der Waals surface area contributed by atoms with Crippen molar-refractivity contribution in [3.05, 3.63) is 40.4 Å². The summed E-state index contributed by atoms with van der Waals surface area (Å²) in [6, 6.07) is 9.68. The van der Waals surface area contributed by atoms with Crippen LogP contribution in [0.15, 0.2) is 24.3 Å². The second-order valence-electron chi connectivity index (χ2n) is 4.02. The molecule has 1 aliphatic rings. The summed E-state index contributed by atoms with van der Waals surface area (Å²) in [4.78, 5) is 5.95. The van der Waals surface area contributed by atoms with E-state index in [0.29, 0.717) is 5.56 Å². The monoisotopic (exact) mass is 241 g/mol. The van der Waals surface area contributed by atoms with Crippen LogP contribution in [-0.2, 0) is 12.8 Å². The minimum atomic E-state index is 0.655. The van der Waals surface area contributed by atoms with E-state index >= 15 is 0 Å². The van der Waals surface area contributed by atoms with Crippen molar-refractivity contribution in [1.82, 2.24) is 4.98 Å². The van der Waals surface area contributed by atoms with Gasteiger partial charge in [0.05, 0.1) is 16.9 Å². The summed E-state index contributed by atoms with van der Waals surface area (Å²) in [5, 5.41) is 13.1. The van der Waals surface area contributed by atoms with Crippen LogP contribution >= 0.6 is 11.3 Å². The van der Waals surface area contributed by atoms with Crippen LogP contribution in [0, 0.1) is 11.3 Å². The molecule has 4 heteroatoms. The molecule has 3 nitrogen and oxygen atoms in total. The van der Waals surface area contributed by atoms with Gasteiger partial charge >= 0.3 is 0 Å². The summed E-state index contributed by atoms with van der Waals surface area (Å²) >= 11 is 1.70. The Balaban J connectivity index is 1.89. The van der Waals surface area contributed by atoms with E-state index < -0.39 is 0 Å². The van der Waals surface area contributed by atoms with Gasteiger partial charge in [-0.25, -0.2) is 4.98 Å². The van der Waals surface area contributed by atoms with Gasteiger partial charge in [-0.15, -0.1) is 11.3 Å². The number of thiazole rings is 1. The maximum atomic E-state index is 9.01. The number of fused-ring (bicyclic) bond motifs is 1. The molecule has 0 aliphatic heterocycles. The molecule has 1 aliphatic carbocycles. The lowest BCUT2D eigenvalue weighted by Gasteiger charge is -2.03. The van der Waals surface area contributed by atoms with Crippen molar-refractivity contribution in [3.8, 4) is 6.07 Å². The molecule has 0 saturated carbocycles. The molecule has 1 N–H and O–H groups in total. The number of aromatic nitrogens is 1. The summed E-state index contributed by atoms with van der Waals surface area (Å²) in [5.41, 5.74) is 2.72. The SMILES string of the molecule is N#Cc1ccccc1Nc1nc2c(s1)CCC2. The molecule has 0 fully saturated rings. The Kier molecular flexibility index (Phi) is 2.54. The highest BCUT2D eigenvalue weighted by Crippen LogP contribution is 2.32. The number of nitrogens with zero attached hydrogens (tertiary/aromatic N) is 2. The average Bonchev–Trinajstić information content (AvgIpc) is 2.90. The van der Waals surface area contributed by atoms with Crippen molar-refractivity contribution in [2.24, 2.45) is 0 Å². The van der Waals surface area contributed by atoms with Crippen LogP contribution in [0.2, 0.25) is 0 Å². The minimum Gasteiger partial charge on any atom is -0.330 e. The predicted octanol–water partition coefficient (Wildman–Crippen LogP) is 3.25. The first kappa shape index (κ1) is 10.3. The van der Waals surface area contributed by atoms with Crippen LogP contribution < -0.4 is 5.32 Å². The van der Waals surface area contributed by atoms with E-state index in [1.807, 2.05) is 24.3 Å². The third-order valence-electron chi connectivity index (χ3n) is 2.88. The lowest BCUT2D eigenvalue weighted by atomic mass is 10.2. The molecule has 0 radical (unpaired) electrons. The molecular formula is C13H11N3S. The summed E-state index contributed by atoms with van der Waals surface area (Å²) in [7, 11) is 0. The quantitative estimate of drug-likeness (QED) is 0.878. The number of para-hydroxylation sites is 1. The molecule has 0 spiro atoms. The summed E-state index contributed by atoms with van der Waals surface area (Å²) in [6.07, 6.45) is 3.46. The maximum Gasteiger partial charge on any atom is 0.187 e. The first-order valence-corrected chi connectivity index (χ1v) is 6.43. The Labute approximate surface area is 104 Å². The number of nitriles is 1. The molecule has 3 rings (SSSR count). The number of nitrogens with one attached hydrogen (secondary N) is 1. The van der Waals surface area contributed by atoms with Crippen LogP contribution in [0.3, 0.4) is 0 Å². The second-order valence-corrected chi connectivity index (χ2v) is 5.11. The van der Waals surface area contributed by atoms with E-state index in [4.69, 9.17) is 5.26 Å². The van der Waals surface area contributed by atoms with E-state index in [-0.39, 0.29) is 0 Å². The molecular weight excluding hydrogens is 230 g/mol.